The average molecular weight is 308 g/mol. The molecule has 112 valence electrons. The molecule has 0 saturated heterocycles. The first kappa shape index (κ1) is 15.6. The predicted octanol–water partition coefficient (Wildman–Crippen LogP) is 2.50. The van der Waals surface area contributed by atoms with E-state index >= 15 is 0 Å². The highest BCUT2D eigenvalue weighted by atomic mass is 35.5. The van der Waals surface area contributed by atoms with E-state index in [4.69, 9.17) is 26.9 Å². The molecule has 0 radical (unpaired) electrons. The van der Waals surface area contributed by atoms with Crippen molar-refractivity contribution in [3.8, 4) is 11.6 Å². The molecule has 1 heterocycles. The van der Waals surface area contributed by atoms with Gasteiger partial charge < -0.3 is 9.47 Å². The lowest BCUT2D eigenvalue weighted by atomic mass is 9.99. The number of hydrogen-bond acceptors (Lipinski definition) is 5. The SMILES string of the molecule is COc1ccc(Cl)cc1CC(NN)c1cccnc1OC. The molecule has 2 rings (SSSR count). The third kappa shape index (κ3) is 3.64. The minimum atomic E-state index is -0.166. The van der Waals surface area contributed by atoms with E-state index in [2.05, 4.69) is 10.4 Å². The second kappa shape index (κ2) is 7.26. The molecule has 1 aromatic heterocycles. The summed E-state index contributed by atoms with van der Waals surface area (Å²) >= 11 is 6.06. The molecule has 2 aromatic rings. The fraction of sp³-hybridized carbons (Fsp3) is 0.267. The first-order valence-electron chi connectivity index (χ1n) is 6.47. The van der Waals surface area contributed by atoms with Gasteiger partial charge in [0.2, 0.25) is 5.88 Å². The quantitative estimate of drug-likeness (QED) is 0.634. The van der Waals surface area contributed by atoms with E-state index in [1.807, 2.05) is 24.3 Å². The van der Waals surface area contributed by atoms with Gasteiger partial charge in [0.25, 0.3) is 0 Å². The Balaban J connectivity index is 2.33. The number of aromatic nitrogens is 1. The number of nitrogens with zero attached hydrogens (tertiary/aromatic N) is 1. The van der Waals surface area contributed by atoms with Crippen molar-refractivity contribution in [1.29, 1.82) is 0 Å². The second-order valence-electron chi connectivity index (χ2n) is 4.48. The molecule has 0 bridgehead atoms. The molecule has 0 saturated carbocycles. The molecule has 3 N–H and O–H groups in total. The molecule has 0 aliphatic carbocycles. The maximum atomic E-state index is 6.06. The predicted molar refractivity (Wildman–Crippen MR) is 82.6 cm³/mol. The lowest BCUT2D eigenvalue weighted by Crippen LogP contribution is -2.30. The van der Waals surface area contributed by atoms with Crippen LogP contribution in [-0.2, 0) is 6.42 Å². The summed E-state index contributed by atoms with van der Waals surface area (Å²) < 4.78 is 10.6. The molecule has 0 spiro atoms. The van der Waals surface area contributed by atoms with Gasteiger partial charge in [-0.05, 0) is 36.2 Å². The molecule has 0 aliphatic heterocycles. The topological polar surface area (TPSA) is 69.4 Å². The number of pyridine rings is 1. The van der Waals surface area contributed by atoms with E-state index in [-0.39, 0.29) is 6.04 Å². The van der Waals surface area contributed by atoms with Gasteiger partial charge in [0.15, 0.2) is 0 Å². The van der Waals surface area contributed by atoms with Gasteiger partial charge >= 0.3 is 0 Å². The monoisotopic (exact) mass is 307 g/mol. The van der Waals surface area contributed by atoms with Crippen molar-refractivity contribution in [3.05, 3.63) is 52.7 Å². The molecule has 5 nitrogen and oxygen atoms in total. The summed E-state index contributed by atoms with van der Waals surface area (Å²) in [6, 6.07) is 9.10. The molecule has 1 aromatic carbocycles. The Kier molecular flexibility index (Phi) is 5.38. The van der Waals surface area contributed by atoms with Gasteiger partial charge in [0, 0.05) is 16.8 Å². The van der Waals surface area contributed by atoms with Crippen molar-refractivity contribution in [2.45, 2.75) is 12.5 Å². The highest BCUT2D eigenvalue weighted by molar-refractivity contribution is 6.30. The lowest BCUT2D eigenvalue weighted by molar-refractivity contribution is 0.379. The number of hydrogen-bond donors (Lipinski definition) is 2. The van der Waals surface area contributed by atoms with Crippen LogP contribution in [-0.4, -0.2) is 19.2 Å². The zero-order valence-electron chi connectivity index (χ0n) is 12.0. The summed E-state index contributed by atoms with van der Waals surface area (Å²) in [6.45, 7) is 0. The van der Waals surface area contributed by atoms with Crippen molar-refractivity contribution >= 4 is 11.6 Å². The Bertz CT molecular complexity index is 607. The van der Waals surface area contributed by atoms with Gasteiger partial charge in [-0.1, -0.05) is 17.7 Å². The van der Waals surface area contributed by atoms with Crippen molar-refractivity contribution in [2.24, 2.45) is 5.84 Å². The number of nitrogens with one attached hydrogen (secondary N) is 1. The average Bonchev–Trinajstić information content (AvgIpc) is 2.52. The number of hydrazine groups is 1. The third-order valence-corrected chi connectivity index (χ3v) is 3.47. The largest absolute Gasteiger partial charge is 0.496 e. The van der Waals surface area contributed by atoms with Crippen LogP contribution in [0.25, 0.3) is 0 Å². The fourth-order valence-corrected chi connectivity index (χ4v) is 2.42. The zero-order valence-corrected chi connectivity index (χ0v) is 12.7. The molecule has 1 atom stereocenters. The van der Waals surface area contributed by atoms with Crippen molar-refractivity contribution in [3.63, 3.8) is 0 Å². The first-order chi connectivity index (χ1) is 10.2. The molecule has 0 fully saturated rings. The van der Waals surface area contributed by atoms with Crippen molar-refractivity contribution in [1.82, 2.24) is 10.4 Å². The van der Waals surface area contributed by atoms with Crippen LogP contribution in [0, 0.1) is 0 Å². The van der Waals surface area contributed by atoms with Crippen molar-refractivity contribution in [2.75, 3.05) is 14.2 Å². The van der Waals surface area contributed by atoms with Crippen LogP contribution < -0.4 is 20.7 Å². The summed E-state index contributed by atoms with van der Waals surface area (Å²) in [4.78, 5) is 4.19. The van der Waals surface area contributed by atoms with E-state index in [9.17, 15) is 0 Å². The second-order valence-corrected chi connectivity index (χ2v) is 4.92. The summed E-state index contributed by atoms with van der Waals surface area (Å²) in [6.07, 6.45) is 2.28. The third-order valence-electron chi connectivity index (χ3n) is 3.24. The van der Waals surface area contributed by atoms with Gasteiger partial charge in [-0.25, -0.2) is 4.98 Å². The Morgan fingerprint density at radius 1 is 1.29 bits per heavy atom. The zero-order chi connectivity index (χ0) is 15.2. The van der Waals surface area contributed by atoms with Gasteiger partial charge in [-0.2, -0.15) is 0 Å². The van der Waals surface area contributed by atoms with Crippen LogP contribution in [0.1, 0.15) is 17.2 Å². The number of halogens is 1. The minimum absolute atomic E-state index is 0.166. The number of methoxy groups -OCH3 is 2. The van der Waals surface area contributed by atoms with E-state index in [0.29, 0.717) is 17.3 Å². The highest BCUT2D eigenvalue weighted by Crippen LogP contribution is 2.30. The number of benzene rings is 1. The maximum absolute atomic E-state index is 6.06. The molecular formula is C15H18ClN3O2. The minimum Gasteiger partial charge on any atom is -0.496 e. The normalized spacial score (nSPS) is 12.0. The molecule has 1 unspecified atom stereocenters. The molecule has 0 aliphatic rings. The van der Waals surface area contributed by atoms with Crippen LogP contribution in [0.15, 0.2) is 36.5 Å². The summed E-state index contributed by atoms with van der Waals surface area (Å²) in [5, 5.41) is 0.653. The van der Waals surface area contributed by atoms with Crippen LogP contribution >= 0.6 is 11.6 Å². The van der Waals surface area contributed by atoms with Crippen LogP contribution in [0.4, 0.5) is 0 Å². The number of rotatable bonds is 6. The van der Waals surface area contributed by atoms with Crippen LogP contribution in [0.3, 0.4) is 0 Å². The maximum Gasteiger partial charge on any atom is 0.217 e. The smallest absolute Gasteiger partial charge is 0.217 e. The number of ether oxygens (including phenoxy) is 2. The Morgan fingerprint density at radius 3 is 2.76 bits per heavy atom. The summed E-state index contributed by atoms with van der Waals surface area (Å²) in [5.41, 5.74) is 4.63. The summed E-state index contributed by atoms with van der Waals surface area (Å²) in [5.74, 6) is 7.01. The van der Waals surface area contributed by atoms with E-state index < -0.39 is 0 Å². The van der Waals surface area contributed by atoms with Gasteiger partial charge in [-0.3, -0.25) is 11.3 Å². The first-order valence-corrected chi connectivity index (χ1v) is 6.84. The Morgan fingerprint density at radius 2 is 2.10 bits per heavy atom. The van der Waals surface area contributed by atoms with Gasteiger partial charge in [0.1, 0.15) is 5.75 Å². The molecular weight excluding hydrogens is 290 g/mol. The fourth-order valence-electron chi connectivity index (χ4n) is 2.22. The Labute approximate surface area is 129 Å². The van der Waals surface area contributed by atoms with E-state index in [0.717, 1.165) is 16.9 Å². The highest BCUT2D eigenvalue weighted by Gasteiger charge is 2.18. The molecule has 0 amide bonds. The number of nitrogens with two attached hydrogens (primary N) is 1. The standard InChI is InChI=1S/C15H18ClN3O2/c1-20-14-6-5-11(16)8-10(14)9-13(19-17)12-4-3-7-18-15(12)21-2/h3-8,13,19H,9,17H2,1-2H3. The van der Waals surface area contributed by atoms with E-state index in [1.54, 1.807) is 26.5 Å². The van der Waals surface area contributed by atoms with Crippen LogP contribution in [0.2, 0.25) is 5.02 Å². The van der Waals surface area contributed by atoms with E-state index in [1.165, 1.54) is 0 Å². The van der Waals surface area contributed by atoms with Crippen molar-refractivity contribution < 1.29 is 9.47 Å². The van der Waals surface area contributed by atoms with Gasteiger partial charge in [-0.15, -0.1) is 0 Å². The lowest BCUT2D eigenvalue weighted by Gasteiger charge is -2.19. The Hall–Kier alpha value is -1.82. The molecule has 21 heavy (non-hydrogen) atoms. The van der Waals surface area contributed by atoms with Gasteiger partial charge in [0.05, 0.1) is 20.3 Å². The summed E-state index contributed by atoms with van der Waals surface area (Å²) in [7, 11) is 3.21. The van der Waals surface area contributed by atoms with Crippen LogP contribution in [0.5, 0.6) is 11.6 Å². The molecule has 6 heteroatoms.